The van der Waals surface area contributed by atoms with Crippen LogP contribution in [0.25, 0.3) is 11.3 Å². The van der Waals surface area contributed by atoms with Crippen LogP contribution >= 0.6 is 12.2 Å². The van der Waals surface area contributed by atoms with Crippen LogP contribution in [-0.4, -0.2) is 31.1 Å². The highest BCUT2D eigenvalue weighted by Crippen LogP contribution is 2.41. The monoisotopic (exact) mass is 456 g/mol. The van der Waals surface area contributed by atoms with Crippen molar-refractivity contribution in [1.82, 2.24) is 20.2 Å². The Bertz CT molecular complexity index is 1290. The van der Waals surface area contributed by atoms with Gasteiger partial charge in [-0.2, -0.15) is 0 Å². The number of carbonyl (C=O) groups is 1. The van der Waals surface area contributed by atoms with Gasteiger partial charge in [-0.25, -0.2) is 4.79 Å². The molecule has 164 valence electrons. The average molecular weight is 457 g/mol. The molecule has 0 radical (unpaired) electrons. The highest BCUT2D eigenvalue weighted by Gasteiger charge is 2.41. The van der Waals surface area contributed by atoms with Crippen molar-refractivity contribution in [1.29, 1.82) is 0 Å². The molecule has 1 fully saturated rings. The summed E-state index contributed by atoms with van der Waals surface area (Å²) in [6.45, 7) is 0.505. The first-order chi connectivity index (χ1) is 16.1. The third kappa shape index (κ3) is 4.20. The van der Waals surface area contributed by atoms with Crippen molar-refractivity contribution in [3.63, 3.8) is 0 Å². The zero-order valence-electron chi connectivity index (χ0n) is 17.5. The third-order valence-electron chi connectivity index (χ3n) is 5.57. The van der Waals surface area contributed by atoms with Gasteiger partial charge in [-0.15, -0.1) is 0 Å². The van der Waals surface area contributed by atoms with E-state index in [1.54, 1.807) is 30.6 Å². The second-order valence-corrected chi connectivity index (χ2v) is 8.05. The summed E-state index contributed by atoms with van der Waals surface area (Å²) in [6, 6.07) is 21.5. The lowest BCUT2D eigenvalue weighted by Gasteiger charge is -2.25. The Hall–Kier alpha value is -4.04. The van der Waals surface area contributed by atoms with Gasteiger partial charge in [-0.3, -0.25) is 9.97 Å². The van der Waals surface area contributed by atoms with Crippen LogP contribution in [0.5, 0.6) is 0 Å². The van der Waals surface area contributed by atoms with E-state index in [1.165, 1.54) is 0 Å². The number of hydrogen-bond donors (Lipinski definition) is 2. The smallest absolute Gasteiger partial charge is 0.335 e. The van der Waals surface area contributed by atoms with Crippen molar-refractivity contribution < 1.29 is 14.3 Å². The standard InChI is InChI=1S/C25H20N4O3S/c30-24(31)17-7-5-6-16(14-17)20-10-11-21(32-20)23-22(19-9-2-4-13-27-19)28-25(33)29(23)15-18-8-1-3-12-26-18/h1-14,22-23H,15H2,(H,28,33)(H,30,31)/t22-,23-/m0/s1. The second kappa shape index (κ2) is 8.84. The number of nitrogens with one attached hydrogen (secondary N) is 1. The zero-order chi connectivity index (χ0) is 22.8. The number of thiocarbonyl (C=S) groups is 1. The van der Waals surface area contributed by atoms with Gasteiger partial charge < -0.3 is 19.7 Å². The highest BCUT2D eigenvalue weighted by atomic mass is 32.1. The molecule has 0 saturated carbocycles. The van der Waals surface area contributed by atoms with Gasteiger partial charge in [0.15, 0.2) is 5.11 Å². The number of nitrogens with zero attached hydrogens (tertiary/aromatic N) is 3. The summed E-state index contributed by atoms with van der Waals surface area (Å²) in [7, 11) is 0. The molecular weight excluding hydrogens is 436 g/mol. The lowest BCUT2D eigenvalue weighted by Crippen LogP contribution is -2.29. The van der Waals surface area contributed by atoms with E-state index in [0.717, 1.165) is 11.4 Å². The van der Waals surface area contributed by atoms with Crippen LogP contribution in [0.15, 0.2) is 89.6 Å². The number of aromatic carboxylic acids is 1. The van der Waals surface area contributed by atoms with E-state index in [0.29, 0.717) is 28.7 Å². The van der Waals surface area contributed by atoms with Crippen molar-refractivity contribution >= 4 is 23.3 Å². The summed E-state index contributed by atoms with van der Waals surface area (Å²) >= 11 is 5.69. The summed E-state index contributed by atoms with van der Waals surface area (Å²) < 4.78 is 6.27. The molecule has 2 atom stereocenters. The molecule has 0 spiro atoms. The van der Waals surface area contributed by atoms with Gasteiger partial charge in [0, 0.05) is 18.0 Å². The summed E-state index contributed by atoms with van der Waals surface area (Å²) in [4.78, 5) is 22.4. The molecule has 0 bridgehead atoms. The first kappa shape index (κ1) is 20.8. The number of pyridine rings is 2. The number of benzene rings is 1. The maximum absolute atomic E-state index is 11.4. The number of carboxylic acid groups (broad SMARTS) is 1. The Morgan fingerprint density at radius 2 is 1.85 bits per heavy atom. The SMILES string of the molecule is O=C(O)c1cccc(-c2ccc([C@H]3[C@H](c4ccccn4)NC(=S)N3Cc3ccccn3)o2)c1. The number of hydrogen-bond acceptors (Lipinski definition) is 5. The van der Waals surface area contributed by atoms with Gasteiger partial charge in [0.25, 0.3) is 0 Å². The highest BCUT2D eigenvalue weighted by molar-refractivity contribution is 7.80. The molecule has 1 aliphatic heterocycles. The van der Waals surface area contributed by atoms with Crippen molar-refractivity contribution in [3.8, 4) is 11.3 Å². The molecule has 1 aliphatic rings. The molecule has 5 rings (SSSR count). The number of carboxylic acids is 1. The van der Waals surface area contributed by atoms with E-state index < -0.39 is 5.97 Å². The van der Waals surface area contributed by atoms with Crippen LogP contribution in [0.2, 0.25) is 0 Å². The Morgan fingerprint density at radius 3 is 2.58 bits per heavy atom. The first-order valence-corrected chi connectivity index (χ1v) is 10.8. The lowest BCUT2D eigenvalue weighted by atomic mass is 10.0. The fourth-order valence-corrected chi connectivity index (χ4v) is 4.33. The van der Waals surface area contributed by atoms with E-state index >= 15 is 0 Å². The summed E-state index contributed by atoms with van der Waals surface area (Å²) in [5, 5.41) is 13.3. The molecule has 8 heteroatoms. The molecule has 0 amide bonds. The quantitative estimate of drug-likeness (QED) is 0.407. The van der Waals surface area contributed by atoms with Crippen LogP contribution in [0.4, 0.5) is 0 Å². The molecule has 4 aromatic rings. The molecule has 2 N–H and O–H groups in total. The van der Waals surface area contributed by atoms with Crippen molar-refractivity contribution in [2.24, 2.45) is 0 Å². The lowest BCUT2D eigenvalue weighted by molar-refractivity contribution is 0.0697. The van der Waals surface area contributed by atoms with Crippen molar-refractivity contribution in [2.45, 2.75) is 18.6 Å². The van der Waals surface area contributed by atoms with Gasteiger partial charge in [-0.05, 0) is 60.7 Å². The van der Waals surface area contributed by atoms with E-state index in [1.807, 2.05) is 59.5 Å². The van der Waals surface area contributed by atoms with Crippen molar-refractivity contribution in [2.75, 3.05) is 0 Å². The molecule has 7 nitrogen and oxygen atoms in total. The van der Waals surface area contributed by atoms with Crippen LogP contribution in [0.1, 0.15) is 39.6 Å². The fraction of sp³-hybridized carbons (Fsp3) is 0.120. The zero-order valence-corrected chi connectivity index (χ0v) is 18.3. The van der Waals surface area contributed by atoms with Gasteiger partial charge in [-0.1, -0.05) is 24.3 Å². The topological polar surface area (TPSA) is 91.5 Å². The number of furan rings is 1. The molecule has 1 saturated heterocycles. The molecule has 3 aromatic heterocycles. The predicted octanol–water partition coefficient (Wildman–Crippen LogP) is 4.61. The van der Waals surface area contributed by atoms with Crippen molar-refractivity contribution in [3.05, 3.63) is 108 Å². The minimum absolute atomic E-state index is 0.206. The minimum atomic E-state index is -0.981. The van der Waals surface area contributed by atoms with Gasteiger partial charge in [0.1, 0.15) is 17.6 Å². The maximum Gasteiger partial charge on any atom is 0.335 e. The van der Waals surface area contributed by atoms with Gasteiger partial charge in [0.05, 0.1) is 29.5 Å². The third-order valence-corrected chi connectivity index (χ3v) is 5.92. The molecular formula is C25H20N4O3S. The minimum Gasteiger partial charge on any atom is -0.478 e. The van der Waals surface area contributed by atoms with Gasteiger partial charge in [0.2, 0.25) is 0 Å². The van der Waals surface area contributed by atoms with E-state index in [4.69, 9.17) is 16.6 Å². The number of rotatable bonds is 6. The summed E-state index contributed by atoms with van der Waals surface area (Å²) in [5.41, 5.74) is 2.63. The summed E-state index contributed by atoms with van der Waals surface area (Å²) in [5.74, 6) is 0.305. The van der Waals surface area contributed by atoms with Crippen LogP contribution in [-0.2, 0) is 6.54 Å². The Morgan fingerprint density at radius 1 is 1.03 bits per heavy atom. The summed E-state index contributed by atoms with van der Waals surface area (Å²) in [6.07, 6.45) is 3.51. The van der Waals surface area contributed by atoms with Gasteiger partial charge >= 0.3 is 5.97 Å². The fourth-order valence-electron chi connectivity index (χ4n) is 4.02. The average Bonchev–Trinajstić information content (AvgIpc) is 3.45. The Labute approximate surface area is 195 Å². The molecule has 33 heavy (non-hydrogen) atoms. The second-order valence-electron chi connectivity index (χ2n) is 7.66. The molecule has 1 aromatic carbocycles. The number of aromatic nitrogens is 2. The van der Waals surface area contributed by atoms with E-state index in [9.17, 15) is 9.90 Å². The normalized spacial score (nSPS) is 17.7. The van der Waals surface area contributed by atoms with Crippen LogP contribution in [0, 0.1) is 0 Å². The Kier molecular flexibility index (Phi) is 5.58. The Balaban J connectivity index is 1.53. The predicted molar refractivity (Wildman–Crippen MR) is 126 cm³/mol. The van der Waals surface area contributed by atoms with E-state index in [-0.39, 0.29) is 17.6 Å². The molecule has 4 heterocycles. The van der Waals surface area contributed by atoms with Crippen LogP contribution < -0.4 is 5.32 Å². The maximum atomic E-state index is 11.4. The van der Waals surface area contributed by atoms with Crippen LogP contribution in [0.3, 0.4) is 0 Å². The molecule has 0 aliphatic carbocycles. The first-order valence-electron chi connectivity index (χ1n) is 10.4. The largest absolute Gasteiger partial charge is 0.478 e. The van der Waals surface area contributed by atoms with E-state index in [2.05, 4.69) is 15.3 Å². The molecule has 0 unspecified atom stereocenters.